The number of rotatable bonds is 6. The van der Waals surface area contributed by atoms with Crippen molar-refractivity contribution in [2.75, 3.05) is 13.6 Å². The molecule has 4 N–H and O–H groups in total. The molecule has 1 unspecified atom stereocenters. The Morgan fingerprint density at radius 2 is 2.08 bits per heavy atom. The molecule has 0 aliphatic carbocycles. The fourth-order valence-electron chi connectivity index (χ4n) is 0.954. The summed E-state index contributed by atoms with van der Waals surface area (Å²) < 4.78 is 0. The number of thiocarbonyl (C=S) groups is 1. The first-order chi connectivity index (χ1) is 5.93. The largest absolute Gasteiger partial charge is 0.393 e. The van der Waals surface area contributed by atoms with Gasteiger partial charge in [0.2, 0.25) is 5.91 Å². The van der Waals surface area contributed by atoms with Gasteiger partial charge in [0.15, 0.2) is 0 Å². The molecule has 0 radical (unpaired) electrons. The van der Waals surface area contributed by atoms with E-state index in [2.05, 4.69) is 0 Å². The van der Waals surface area contributed by atoms with Crippen molar-refractivity contribution >= 4 is 23.1 Å². The maximum Gasteiger partial charge on any atom is 0.218 e. The van der Waals surface area contributed by atoms with Crippen molar-refractivity contribution in [2.45, 2.75) is 25.8 Å². The van der Waals surface area contributed by atoms with Gasteiger partial charge in [0.05, 0.1) is 4.99 Å². The van der Waals surface area contributed by atoms with Gasteiger partial charge in [-0.1, -0.05) is 12.2 Å². The van der Waals surface area contributed by atoms with Crippen molar-refractivity contribution in [2.24, 2.45) is 11.5 Å². The fourth-order valence-corrected chi connectivity index (χ4v) is 1.20. The number of hydrogen-bond acceptors (Lipinski definition) is 3. The Kier molecular flexibility index (Phi) is 5.57. The number of carbonyl (C=O) groups is 1. The molecule has 1 atom stereocenters. The number of amides is 1. The number of carbonyl (C=O) groups excluding carboxylic acids is 1. The smallest absolute Gasteiger partial charge is 0.218 e. The molecule has 0 rings (SSSR count). The van der Waals surface area contributed by atoms with Crippen LogP contribution in [0.25, 0.3) is 0 Å². The van der Waals surface area contributed by atoms with Gasteiger partial charge in [-0.15, -0.1) is 0 Å². The summed E-state index contributed by atoms with van der Waals surface area (Å²) >= 11 is 4.79. The summed E-state index contributed by atoms with van der Waals surface area (Å²) in [4.78, 5) is 13.0. The molecule has 0 aliphatic heterocycles. The van der Waals surface area contributed by atoms with Crippen molar-refractivity contribution < 1.29 is 4.79 Å². The minimum absolute atomic E-state index is 0.261. The Hall–Kier alpha value is -0.680. The van der Waals surface area contributed by atoms with Crippen molar-refractivity contribution in [3.8, 4) is 0 Å². The number of primary amides is 1. The van der Waals surface area contributed by atoms with E-state index in [9.17, 15) is 4.79 Å². The lowest BCUT2D eigenvalue weighted by molar-refractivity contribution is -0.118. The molecule has 0 spiro atoms. The van der Waals surface area contributed by atoms with Crippen LogP contribution in [-0.4, -0.2) is 35.4 Å². The summed E-state index contributed by atoms with van der Waals surface area (Å²) in [6, 6.07) is 0.261. The third-order valence-corrected chi connectivity index (χ3v) is 2.13. The van der Waals surface area contributed by atoms with Crippen LogP contribution in [0.4, 0.5) is 0 Å². The standard InChI is InChI=1S/C8H17N3OS/c1-6(5-8(10)13)11(2)4-3-7(9)12/h6H,3-5H2,1-2H3,(H2,9,12)(H2,10,13). The maximum absolute atomic E-state index is 10.5. The first-order valence-electron chi connectivity index (χ1n) is 4.20. The molecule has 76 valence electrons. The number of hydrogen-bond donors (Lipinski definition) is 2. The van der Waals surface area contributed by atoms with Gasteiger partial charge >= 0.3 is 0 Å². The highest BCUT2D eigenvalue weighted by Gasteiger charge is 2.10. The first kappa shape index (κ1) is 12.3. The molecular weight excluding hydrogens is 186 g/mol. The molecule has 0 aliphatic rings. The lowest BCUT2D eigenvalue weighted by Crippen LogP contribution is -2.34. The summed E-state index contributed by atoms with van der Waals surface area (Å²) in [5.74, 6) is -0.283. The van der Waals surface area contributed by atoms with E-state index < -0.39 is 0 Å². The summed E-state index contributed by atoms with van der Waals surface area (Å²) in [6.07, 6.45) is 1.04. The van der Waals surface area contributed by atoms with E-state index in [0.29, 0.717) is 24.4 Å². The quantitative estimate of drug-likeness (QED) is 0.589. The van der Waals surface area contributed by atoms with Crippen molar-refractivity contribution in [3.05, 3.63) is 0 Å². The van der Waals surface area contributed by atoms with Crippen LogP contribution in [0.3, 0.4) is 0 Å². The molecule has 13 heavy (non-hydrogen) atoms. The van der Waals surface area contributed by atoms with Crippen LogP contribution in [0.5, 0.6) is 0 Å². The molecule has 0 aromatic heterocycles. The Labute approximate surface area is 84.3 Å². The maximum atomic E-state index is 10.5. The van der Waals surface area contributed by atoms with Gasteiger partial charge in [-0.3, -0.25) is 4.79 Å². The van der Waals surface area contributed by atoms with Crippen LogP contribution < -0.4 is 11.5 Å². The second-order valence-electron chi connectivity index (χ2n) is 3.22. The Morgan fingerprint density at radius 1 is 1.54 bits per heavy atom. The second-order valence-corrected chi connectivity index (χ2v) is 3.74. The summed E-state index contributed by atoms with van der Waals surface area (Å²) in [5.41, 5.74) is 10.4. The zero-order chi connectivity index (χ0) is 10.4. The predicted molar refractivity (Wildman–Crippen MR) is 57.3 cm³/mol. The summed E-state index contributed by atoms with van der Waals surface area (Å²) in [5, 5.41) is 0. The zero-order valence-electron chi connectivity index (χ0n) is 8.12. The van der Waals surface area contributed by atoms with E-state index in [-0.39, 0.29) is 11.9 Å². The Balaban J connectivity index is 3.75. The molecule has 0 heterocycles. The van der Waals surface area contributed by atoms with Crippen LogP contribution in [0, 0.1) is 0 Å². The highest BCUT2D eigenvalue weighted by Crippen LogP contribution is 2.01. The molecule has 0 saturated carbocycles. The molecule has 4 nitrogen and oxygen atoms in total. The highest BCUT2D eigenvalue weighted by atomic mass is 32.1. The van der Waals surface area contributed by atoms with Gasteiger partial charge in [-0.25, -0.2) is 0 Å². The lowest BCUT2D eigenvalue weighted by atomic mass is 10.2. The Bertz CT molecular complexity index is 196. The van der Waals surface area contributed by atoms with Gasteiger partial charge in [0.1, 0.15) is 0 Å². The average Bonchev–Trinajstić information content (AvgIpc) is 1.98. The monoisotopic (exact) mass is 203 g/mol. The molecule has 0 saturated heterocycles. The van der Waals surface area contributed by atoms with Crippen molar-refractivity contribution in [1.29, 1.82) is 0 Å². The summed E-state index contributed by atoms with van der Waals surface area (Å²) in [7, 11) is 1.92. The molecule has 1 amide bonds. The van der Waals surface area contributed by atoms with Gasteiger partial charge < -0.3 is 16.4 Å². The van der Waals surface area contributed by atoms with Crippen molar-refractivity contribution in [3.63, 3.8) is 0 Å². The predicted octanol–water partition coefficient (Wildman–Crippen LogP) is -0.142. The van der Waals surface area contributed by atoms with E-state index in [1.54, 1.807) is 0 Å². The van der Waals surface area contributed by atoms with Crippen LogP contribution in [0.15, 0.2) is 0 Å². The third-order valence-electron chi connectivity index (χ3n) is 1.96. The highest BCUT2D eigenvalue weighted by molar-refractivity contribution is 7.80. The van der Waals surface area contributed by atoms with Crippen LogP contribution in [0.2, 0.25) is 0 Å². The normalized spacial score (nSPS) is 12.8. The lowest BCUT2D eigenvalue weighted by Gasteiger charge is -2.23. The second kappa shape index (κ2) is 5.88. The summed E-state index contributed by atoms with van der Waals surface area (Å²) in [6.45, 7) is 2.67. The number of nitrogens with zero attached hydrogens (tertiary/aromatic N) is 1. The van der Waals surface area contributed by atoms with E-state index in [0.717, 1.165) is 0 Å². The molecule has 0 fully saturated rings. The topological polar surface area (TPSA) is 72.3 Å². The third kappa shape index (κ3) is 6.48. The molecule has 0 bridgehead atoms. The van der Waals surface area contributed by atoms with E-state index >= 15 is 0 Å². The molecule has 0 aromatic carbocycles. The van der Waals surface area contributed by atoms with Crippen molar-refractivity contribution in [1.82, 2.24) is 4.90 Å². The minimum Gasteiger partial charge on any atom is -0.393 e. The van der Waals surface area contributed by atoms with Gasteiger partial charge in [-0.05, 0) is 14.0 Å². The molecule has 0 aromatic rings. The molecular formula is C8H17N3OS. The van der Waals surface area contributed by atoms with Crippen LogP contribution in [0.1, 0.15) is 19.8 Å². The number of nitrogens with two attached hydrogens (primary N) is 2. The fraction of sp³-hybridized carbons (Fsp3) is 0.750. The zero-order valence-corrected chi connectivity index (χ0v) is 8.93. The van der Waals surface area contributed by atoms with Gasteiger partial charge in [0.25, 0.3) is 0 Å². The van der Waals surface area contributed by atoms with Crippen LogP contribution in [-0.2, 0) is 4.79 Å². The van der Waals surface area contributed by atoms with E-state index in [4.69, 9.17) is 23.7 Å². The van der Waals surface area contributed by atoms with E-state index in [1.807, 2.05) is 18.9 Å². The van der Waals surface area contributed by atoms with Gasteiger partial charge in [0, 0.05) is 25.4 Å². The average molecular weight is 203 g/mol. The Morgan fingerprint density at radius 3 is 2.46 bits per heavy atom. The first-order valence-corrected chi connectivity index (χ1v) is 4.61. The molecule has 5 heteroatoms. The SMILES string of the molecule is CC(CC(N)=S)N(C)CCC(N)=O. The minimum atomic E-state index is -0.283. The van der Waals surface area contributed by atoms with Crippen LogP contribution >= 0.6 is 12.2 Å². The van der Waals surface area contributed by atoms with Gasteiger partial charge in [-0.2, -0.15) is 0 Å². The van der Waals surface area contributed by atoms with E-state index in [1.165, 1.54) is 0 Å².